The van der Waals surface area contributed by atoms with E-state index in [1.165, 1.54) is 51.9 Å². The predicted octanol–water partition coefficient (Wildman–Crippen LogP) is 1.44. The van der Waals surface area contributed by atoms with Gasteiger partial charge < -0.3 is 5.32 Å². The van der Waals surface area contributed by atoms with Crippen molar-refractivity contribution in [1.29, 1.82) is 0 Å². The summed E-state index contributed by atoms with van der Waals surface area (Å²) in [5.41, 5.74) is 1.68. The zero-order valence-electron chi connectivity index (χ0n) is 10.9. The van der Waals surface area contributed by atoms with Crippen LogP contribution in [0.1, 0.15) is 31.4 Å². The van der Waals surface area contributed by atoms with Crippen LogP contribution in [0.15, 0.2) is 18.6 Å². The molecule has 2 saturated heterocycles. The molecule has 4 heteroatoms. The molecule has 2 fully saturated rings. The Kier molecular flexibility index (Phi) is 3.57. The van der Waals surface area contributed by atoms with Crippen LogP contribution in [0.2, 0.25) is 0 Å². The molecule has 0 aromatic carbocycles. The van der Waals surface area contributed by atoms with E-state index in [1.807, 2.05) is 12.3 Å². The first-order valence-electron chi connectivity index (χ1n) is 7.04. The van der Waals surface area contributed by atoms with Crippen molar-refractivity contribution in [2.24, 2.45) is 5.41 Å². The number of piperidine rings is 2. The number of aromatic nitrogens is 2. The Labute approximate surface area is 109 Å². The quantitative estimate of drug-likeness (QED) is 0.857. The van der Waals surface area contributed by atoms with Crippen molar-refractivity contribution in [2.45, 2.75) is 32.2 Å². The Morgan fingerprint density at radius 3 is 3.06 bits per heavy atom. The molecule has 1 aromatic rings. The Balaban J connectivity index is 1.63. The summed E-state index contributed by atoms with van der Waals surface area (Å²) in [6.45, 7) is 5.82. The highest BCUT2D eigenvalue weighted by Gasteiger charge is 2.36. The van der Waals surface area contributed by atoms with Crippen molar-refractivity contribution in [2.75, 3.05) is 26.2 Å². The number of rotatable bonds is 2. The maximum Gasteiger partial charge on any atom is 0.115 e. The van der Waals surface area contributed by atoms with Crippen molar-refractivity contribution >= 4 is 0 Å². The van der Waals surface area contributed by atoms with Crippen LogP contribution in [0.5, 0.6) is 0 Å². The van der Waals surface area contributed by atoms with E-state index in [2.05, 4.69) is 20.2 Å². The molecular weight excluding hydrogens is 224 g/mol. The molecule has 98 valence electrons. The highest BCUT2D eigenvalue weighted by atomic mass is 15.2. The largest absolute Gasteiger partial charge is 0.316 e. The molecule has 0 saturated carbocycles. The van der Waals surface area contributed by atoms with E-state index in [-0.39, 0.29) is 0 Å². The normalized spacial score (nSPS) is 29.6. The SMILES string of the molecule is c1cc(CN2CCCC3(CCCNC3)C2)ncn1. The van der Waals surface area contributed by atoms with E-state index >= 15 is 0 Å². The summed E-state index contributed by atoms with van der Waals surface area (Å²) in [7, 11) is 0. The van der Waals surface area contributed by atoms with Crippen LogP contribution in [0.4, 0.5) is 0 Å². The van der Waals surface area contributed by atoms with Gasteiger partial charge in [-0.15, -0.1) is 0 Å². The first kappa shape index (κ1) is 12.1. The minimum absolute atomic E-state index is 0.531. The summed E-state index contributed by atoms with van der Waals surface area (Å²) in [5.74, 6) is 0. The molecule has 18 heavy (non-hydrogen) atoms. The predicted molar refractivity (Wildman–Crippen MR) is 71.1 cm³/mol. The van der Waals surface area contributed by atoms with Gasteiger partial charge in [-0.25, -0.2) is 9.97 Å². The summed E-state index contributed by atoms with van der Waals surface area (Å²) < 4.78 is 0. The average molecular weight is 246 g/mol. The highest BCUT2D eigenvalue weighted by Crippen LogP contribution is 2.36. The molecule has 4 nitrogen and oxygen atoms in total. The maximum atomic E-state index is 4.34. The highest BCUT2D eigenvalue weighted by molar-refractivity contribution is 4.99. The summed E-state index contributed by atoms with van der Waals surface area (Å²) >= 11 is 0. The molecule has 1 aromatic heterocycles. The zero-order chi connectivity index (χ0) is 12.3. The number of likely N-dealkylation sites (tertiary alicyclic amines) is 1. The van der Waals surface area contributed by atoms with Crippen LogP contribution in [0.25, 0.3) is 0 Å². The summed E-state index contributed by atoms with van der Waals surface area (Å²) in [6, 6.07) is 2.03. The fourth-order valence-electron chi connectivity index (χ4n) is 3.46. The molecule has 2 aliphatic rings. The second-order valence-corrected chi connectivity index (χ2v) is 5.80. The fourth-order valence-corrected chi connectivity index (χ4v) is 3.46. The van der Waals surface area contributed by atoms with Gasteiger partial charge in [0.1, 0.15) is 6.33 Å². The minimum Gasteiger partial charge on any atom is -0.316 e. The Morgan fingerprint density at radius 1 is 1.33 bits per heavy atom. The zero-order valence-corrected chi connectivity index (χ0v) is 10.9. The molecule has 1 N–H and O–H groups in total. The van der Waals surface area contributed by atoms with Gasteiger partial charge in [0.15, 0.2) is 0 Å². The average Bonchev–Trinajstić information content (AvgIpc) is 2.41. The van der Waals surface area contributed by atoms with Gasteiger partial charge in [-0.05, 0) is 50.3 Å². The number of nitrogens with zero attached hydrogens (tertiary/aromatic N) is 3. The molecule has 1 atom stereocenters. The number of hydrogen-bond acceptors (Lipinski definition) is 4. The van der Waals surface area contributed by atoms with Crippen molar-refractivity contribution in [1.82, 2.24) is 20.2 Å². The standard InChI is InChI=1S/C14H22N4/c1-4-14(10-15-6-1)5-2-8-18(11-14)9-13-3-7-16-12-17-13/h3,7,12,15H,1-2,4-6,8-11H2. The Morgan fingerprint density at radius 2 is 2.28 bits per heavy atom. The van der Waals surface area contributed by atoms with E-state index < -0.39 is 0 Å². The van der Waals surface area contributed by atoms with Gasteiger partial charge in [0.2, 0.25) is 0 Å². The van der Waals surface area contributed by atoms with Crippen molar-refractivity contribution < 1.29 is 0 Å². The molecule has 0 radical (unpaired) electrons. The molecule has 1 unspecified atom stereocenters. The van der Waals surface area contributed by atoms with Gasteiger partial charge in [0.25, 0.3) is 0 Å². The van der Waals surface area contributed by atoms with E-state index in [1.54, 1.807) is 6.33 Å². The summed E-state index contributed by atoms with van der Waals surface area (Å²) in [5, 5.41) is 3.58. The maximum absolute atomic E-state index is 4.34. The van der Waals surface area contributed by atoms with Gasteiger partial charge in [-0.1, -0.05) is 0 Å². The third-order valence-electron chi connectivity index (χ3n) is 4.33. The summed E-state index contributed by atoms with van der Waals surface area (Å²) in [4.78, 5) is 10.9. The molecule has 0 bridgehead atoms. The van der Waals surface area contributed by atoms with Gasteiger partial charge in [-0.3, -0.25) is 4.90 Å². The number of nitrogens with one attached hydrogen (secondary N) is 1. The van der Waals surface area contributed by atoms with Gasteiger partial charge in [0, 0.05) is 25.8 Å². The lowest BCUT2D eigenvalue weighted by molar-refractivity contribution is 0.0593. The molecule has 2 aliphatic heterocycles. The van der Waals surface area contributed by atoms with Crippen molar-refractivity contribution in [3.63, 3.8) is 0 Å². The molecule has 3 heterocycles. The molecule has 0 amide bonds. The molecule has 3 rings (SSSR count). The smallest absolute Gasteiger partial charge is 0.115 e. The van der Waals surface area contributed by atoms with Gasteiger partial charge in [0.05, 0.1) is 5.69 Å². The lowest BCUT2D eigenvalue weighted by Crippen LogP contribution is -2.50. The third kappa shape index (κ3) is 2.70. The monoisotopic (exact) mass is 246 g/mol. The van der Waals surface area contributed by atoms with E-state index in [0.717, 1.165) is 12.2 Å². The molecule has 0 aliphatic carbocycles. The van der Waals surface area contributed by atoms with E-state index in [0.29, 0.717) is 5.41 Å². The second kappa shape index (κ2) is 5.33. The van der Waals surface area contributed by atoms with E-state index in [4.69, 9.17) is 0 Å². The van der Waals surface area contributed by atoms with Crippen LogP contribution in [0.3, 0.4) is 0 Å². The molecular formula is C14H22N4. The van der Waals surface area contributed by atoms with Crippen LogP contribution in [-0.2, 0) is 6.54 Å². The number of hydrogen-bond donors (Lipinski definition) is 1. The van der Waals surface area contributed by atoms with Gasteiger partial charge in [-0.2, -0.15) is 0 Å². The fraction of sp³-hybridized carbons (Fsp3) is 0.714. The lowest BCUT2D eigenvalue weighted by Gasteiger charge is -2.45. The van der Waals surface area contributed by atoms with Gasteiger partial charge >= 0.3 is 0 Å². The third-order valence-corrected chi connectivity index (χ3v) is 4.33. The Bertz CT molecular complexity index is 367. The molecule has 1 spiro atoms. The first-order chi connectivity index (χ1) is 8.86. The van der Waals surface area contributed by atoms with Crippen LogP contribution >= 0.6 is 0 Å². The summed E-state index contributed by atoms with van der Waals surface area (Å²) in [6.07, 6.45) is 8.93. The van der Waals surface area contributed by atoms with Crippen molar-refractivity contribution in [3.8, 4) is 0 Å². The van der Waals surface area contributed by atoms with Crippen LogP contribution in [-0.4, -0.2) is 41.0 Å². The second-order valence-electron chi connectivity index (χ2n) is 5.80. The first-order valence-corrected chi connectivity index (χ1v) is 7.04. The van der Waals surface area contributed by atoms with E-state index in [9.17, 15) is 0 Å². The Hall–Kier alpha value is -1.00. The lowest BCUT2D eigenvalue weighted by atomic mass is 9.74. The van der Waals surface area contributed by atoms with Crippen LogP contribution < -0.4 is 5.32 Å². The van der Waals surface area contributed by atoms with Crippen molar-refractivity contribution in [3.05, 3.63) is 24.3 Å². The van der Waals surface area contributed by atoms with Crippen LogP contribution in [0, 0.1) is 5.41 Å². The topological polar surface area (TPSA) is 41.0 Å². The minimum atomic E-state index is 0.531.